The second kappa shape index (κ2) is 7.31. The van der Waals surface area contributed by atoms with Gasteiger partial charge >= 0.3 is 0 Å². The molecule has 3 fully saturated rings. The second-order valence-corrected chi connectivity index (χ2v) is 10.1. The first-order valence-electron chi connectivity index (χ1n) is 9.92. The Balaban J connectivity index is 1.36. The number of amides is 1. The van der Waals surface area contributed by atoms with E-state index in [1.807, 2.05) is 0 Å². The first-order chi connectivity index (χ1) is 12.5. The summed E-state index contributed by atoms with van der Waals surface area (Å²) in [4.78, 5) is 12.6. The Bertz CT molecular complexity index is 754. The van der Waals surface area contributed by atoms with E-state index in [2.05, 4.69) is 5.32 Å². The minimum atomic E-state index is -3.41. The summed E-state index contributed by atoms with van der Waals surface area (Å²) >= 11 is 0. The summed E-state index contributed by atoms with van der Waals surface area (Å²) < 4.78 is 26.9. The molecule has 0 spiro atoms. The molecule has 1 aliphatic heterocycles. The van der Waals surface area contributed by atoms with Crippen LogP contribution in [0.1, 0.15) is 51.4 Å². The summed E-state index contributed by atoms with van der Waals surface area (Å²) in [5.41, 5.74) is 0.677. The topological polar surface area (TPSA) is 66.5 Å². The van der Waals surface area contributed by atoms with Crippen molar-refractivity contribution in [1.82, 2.24) is 4.31 Å². The average Bonchev–Trinajstić information content (AvgIpc) is 3.26. The van der Waals surface area contributed by atoms with E-state index in [9.17, 15) is 13.2 Å². The van der Waals surface area contributed by atoms with Gasteiger partial charge in [0.25, 0.3) is 0 Å². The van der Waals surface area contributed by atoms with Gasteiger partial charge in [0.15, 0.2) is 0 Å². The van der Waals surface area contributed by atoms with E-state index in [0.29, 0.717) is 36.0 Å². The summed E-state index contributed by atoms with van der Waals surface area (Å²) in [6.07, 6.45) is 8.68. The van der Waals surface area contributed by atoms with Crippen LogP contribution < -0.4 is 5.32 Å². The zero-order chi connectivity index (χ0) is 18.1. The number of carbonyl (C=O) groups is 1. The Morgan fingerprint density at radius 3 is 2.38 bits per heavy atom. The zero-order valence-corrected chi connectivity index (χ0v) is 16.0. The fourth-order valence-electron chi connectivity index (χ4n) is 5.04. The predicted molar refractivity (Wildman–Crippen MR) is 101 cm³/mol. The van der Waals surface area contributed by atoms with E-state index in [1.54, 1.807) is 28.6 Å². The highest BCUT2D eigenvalue weighted by Gasteiger charge is 2.40. The molecule has 2 bridgehead atoms. The fourth-order valence-corrected chi connectivity index (χ4v) is 6.56. The van der Waals surface area contributed by atoms with Gasteiger partial charge in [-0.1, -0.05) is 12.8 Å². The van der Waals surface area contributed by atoms with Gasteiger partial charge in [0.1, 0.15) is 0 Å². The number of benzene rings is 1. The number of sulfonamides is 1. The van der Waals surface area contributed by atoms with Crippen molar-refractivity contribution in [2.24, 2.45) is 17.8 Å². The molecule has 4 rings (SSSR count). The van der Waals surface area contributed by atoms with Gasteiger partial charge in [-0.05, 0) is 74.1 Å². The standard InChI is InChI=1S/C20H28N2O3S/c23-20(14-17-13-15-4-5-16(17)12-15)21-18-6-8-19(9-7-18)26(24,25)22-10-2-1-3-11-22/h6-9,15-17H,1-5,10-14H2,(H,21,23)/t15-,16-,17-/m1/s1. The molecule has 2 saturated carbocycles. The lowest BCUT2D eigenvalue weighted by Gasteiger charge is -2.26. The Labute approximate surface area is 156 Å². The summed E-state index contributed by atoms with van der Waals surface area (Å²) in [6.45, 7) is 1.20. The van der Waals surface area contributed by atoms with Crippen LogP contribution in [0.2, 0.25) is 0 Å². The molecule has 0 aromatic heterocycles. The van der Waals surface area contributed by atoms with Crippen molar-refractivity contribution in [3.63, 3.8) is 0 Å². The Morgan fingerprint density at radius 1 is 1.04 bits per heavy atom. The zero-order valence-electron chi connectivity index (χ0n) is 15.2. The van der Waals surface area contributed by atoms with Crippen molar-refractivity contribution in [2.75, 3.05) is 18.4 Å². The van der Waals surface area contributed by atoms with Crippen molar-refractivity contribution >= 4 is 21.6 Å². The third kappa shape index (κ3) is 3.67. The van der Waals surface area contributed by atoms with E-state index in [-0.39, 0.29) is 5.91 Å². The van der Waals surface area contributed by atoms with Crippen LogP contribution in [0.25, 0.3) is 0 Å². The van der Waals surface area contributed by atoms with Crippen LogP contribution in [0.4, 0.5) is 5.69 Å². The molecule has 1 aromatic rings. The van der Waals surface area contributed by atoms with Crippen LogP contribution in [0.5, 0.6) is 0 Å². The molecular weight excluding hydrogens is 348 g/mol. The number of nitrogens with one attached hydrogen (secondary N) is 1. The minimum absolute atomic E-state index is 0.0502. The largest absolute Gasteiger partial charge is 0.326 e. The Kier molecular flexibility index (Phi) is 5.06. The smallest absolute Gasteiger partial charge is 0.243 e. The van der Waals surface area contributed by atoms with E-state index in [4.69, 9.17) is 0 Å². The Hall–Kier alpha value is -1.40. The van der Waals surface area contributed by atoms with Gasteiger partial charge in [-0.3, -0.25) is 4.79 Å². The number of piperidine rings is 1. The molecule has 1 saturated heterocycles. The monoisotopic (exact) mass is 376 g/mol. The number of carbonyl (C=O) groups excluding carboxylic acids is 1. The maximum Gasteiger partial charge on any atom is 0.243 e. The van der Waals surface area contributed by atoms with Crippen molar-refractivity contribution in [1.29, 1.82) is 0 Å². The highest BCUT2D eigenvalue weighted by atomic mass is 32.2. The van der Waals surface area contributed by atoms with Crippen molar-refractivity contribution in [3.8, 4) is 0 Å². The Morgan fingerprint density at radius 2 is 1.77 bits per heavy atom. The predicted octanol–water partition coefficient (Wildman–Crippen LogP) is 3.63. The normalized spacial score (nSPS) is 29.0. The third-order valence-electron chi connectivity index (χ3n) is 6.42. The van der Waals surface area contributed by atoms with Crippen LogP contribution in [0, 0.1) is 17.8 Å². The quantitative estimate of drug-likeness (QED) is 0.853. The number of rotatable bonds is 5. The van der Waals surface area contributed by atoms with Gasteiger partial charge in [-0.25, -0.2) is 8.42 Å². The summed E-state index contributed by atoms with van der Waals surface area (Å²) in [6, 6.07) is 6.62. The molecule has 3 aliphatic rings. The van der Waals surface area contributed by atoms with Gasteiger partial charge in [0.2, 0.25) is 15.9 Å². The molecular formula is C20H28N2O3S. The summed E-state index contributed by atoms with van der Waals surface area (Å²) in [5, 5.41) is 2.94. The molecule has 1 amide bonds. The van der Waals surface area contributed by atoms with Crippen LogP contribution in [0.3, 0.4) is 0 Å². The maximum atomic E-state index is 12.7. The van der Waals surface area contributed by atoms with Crippen molar-refractivity contribution < 1.29 is 13.2 Å². The van der Waals surface area contributed by atoms with Gasteiger partial charge in [0.05, 0.1) is 4.90 Å². The van der Waals surface area contributed by atoms with E-state index < -0.39 is 10.0 Å². The number of hydrogen-bond acceptors (Lipinski definition) is 3. The van der Waals surface area contributed by atoms with Gasteiger partial charge < -0.3 is 5.32 Å². The number of hydrogen-bond donors (Lipinski definition) is 1. The second-order valence-electron chi connectivity index (χ2n) is 8.18. The molecule has 1 heterocycles. The van der Waals surface area contributed by atoms with Gasteiger partial charge in [-0.2, -0.15) is 4.31 Å². The van der Waals surface area contributed by atoms with Crippen molar-refractivity contribution in [3.05, 3.63) is 24.3 Å². The highest BCUT2D eigenvalue weighted by Crippen LogP contribution is 2.49. The van der Waals surface area contributed by atoms with Crippen molar-refractivity contribution in [2.45, 2.75) is 56.3 Å². The maximum absolute atomic E-state index is 12.7. The molecule has 3 atom stereocenters. The fraction of sp³-hybridized carbons (Fsp3) is 0.650. The molecule has 1 N–H and O–H groups in total. The number of anilines is 1. The lowest BCUT2D eigenvalue weighted by atomic mass is 9.86. The van der Waals surface area contributed by atoms with Crippen LogP contribution in [-0.2, 0) is 14.8 Å². The third-order valence-corrected chi connectivity index (χ3v) is 8.34. The lowest BCUT2D eigenvalue weighted by Crippen LogP contribution is -2.35. The summed E-state index contributed by atoms with van der Waals surface area (Å²) in [5.74, 6) is 2.17. The lowest BCUT2D eigenvalue weighted by molar-refractivity contribution is -0.117. The molecule has 2 aliphatic carbocycles. The first kappa shape index (κ1) is 18.0. The van der Waals surface area contributed by atoms with Crippen LogP contribution in [0.15, 0.2) is 29.2 Å². The molecule has 26 heavy (non-hydrogen) atoms. The molecule has 0 unspecified atom stereocenters. The SMILES string of the molecule is O=C(C[C@H]1C[C@@H]2CC[C@@H]1C2)Nc1ccc(S(=O)(=O)N2CCCCC2)cc1. The van der Waals surface area contributed by atoms with E-state index in [1.165, 1.54) is 25.7 Å². The number of nitrogens with zero attached hydrogens (tertiary/aromatic N) is 1. The highest BCUT2D eigenvalue weighted by molar-refractivity contribution is 7.89. The molecule has 142 valence electrons. The van der Waals surface area contributed by atoms with Crippen LogP contribution >= 0.6 is 0 Å². The van der Waals surface area contributed by atoms with Gasteiger partial charge in [0, 0.05) is 25.2 Å². The molecule has 1 aromatic carbocycles. The average molecular weight is 377 g/mol. The first-order valence-corrected chi connectivity index (χ1v) is 11.4. The molecule has 6 heteroatoms. The van der Waals surface area contributed by atoms with E-state index in [0.717, 1.165) is 31.1 Å². The van der Waals surface area contributed by atoms with E-state index >= 15 is 0 Å². The van der Waals surface area contributed by atoms with Gasteiger partial charge in [-0.15, -0.1) is 0 Å². The molecule has 5 nitrogen and oxygen atoms in total. The molecule has 0 radical (unpaired) electrons. The summed E-state index contributed by atoms with van der Waals surface area (Å²) in [7, 11) is -3.41. The van der Waals surface area contributed by atoms with Crippen LogP contribution in [-0.4, -0.2) is 31.7 Å². The number of fused-ring (bicyclic) bond motifs is 2. The minimum Gasteiger partial charge on any atom is -0.326 e.